The molecule has 3 aromatic carbocycles. The number of rotatable bonds is 18. The molecular formula is C30H39BO12. The molecule has 0 bridgehead atoms. The van der Waals surface area contributed by atoms with Gasteiger partial charge in [0.1, 0.15) is 0 Å². The number of hydrogen-bond acceptors (Lipinski definition) is 12. The maximum absolute atomic E-state index is 6.12. The Morgan fingerprint density at radius 3 is 0.814 bits per heavy atom. The van der Waals surface area contributed by atoms with Crippen molar-refractivity contribution in [2.75, 3.05) is 64.0 Å². The summed E-state index contributed by atoms with van der Waals surface area (Å²) in [6, 6.07) is 10.7. The summed E-state index contributed by atoms with van der Waals surface area (Å²) in [5.74, 6) is 4.27. The summed E-state index contributed by atoms with van der Waals surface area (Å²) in [5, 5.41) is 0. The van der Waals surface area contributed by atoms with Crippen LogP contribution in [0.3, 0.4) is 0 Å². The van der Waals surface area contributed by atoms with Crippen LogP contribution < -0.4 is 42.6 Å². The Labute approximate surface area is 252 Å². The van der Waals surface area contributed by atoms with E-state index in [0.29, 0.717) is 68.4 Å². The minimum absolute atomic E-state index is 0.0559. The molecule has 3 aromatic rings. The monoisotopic (exact) mass is 602 g/mol. The molecule has 0 aliphatic carbocycles. The molecule has 0 fully saturated rings. The van der Waals surface area contributed by atoms with Gasteiger partial charge in [-0.15, -0.1) is 0 Å². The molecule has 13 heteroatoms. The van der Waals surface area contributed by atoms with Crippen LogP contribution in [0.4, 0.5) is 0 Å². The van der Waals surface area contributed by atoms with Crippen LogP contribution in [0.5, 0.6) is 51.7 Å². The van der Waals surface area contributed by atoms with Crippen molar-refractivity contribution in [3.63, 3.8) is 0 Å². The summed E-state index contributed by atoms with van der Waals surface area (Å²) in [7, 11) is 12.7. The van der Waals surface area contributed by atoms with Crippen molar-refractivity contribution in [3.05, 3.63) is 53.1 Å². The normalized spacial score (nSPS) is 10.5. The highest BCUT2D eigenvalue weighted by Crippen LogP contribution is 2.42. The molecule has 0 spiro atoms. The van der Waals surface area contributed by atoms with Gasteiger partial charge in [0, 0.05) is 16.7 Å². The second-order valence-electron chi connectivity index (χ2n) is 8.70. The van der Waals surface area contributed by atoms with Crippen LogP contribution in [0, 0.1) is 0 Å². The van der Waals surface area contributed by atoms with Gasteiger partial charge >= 0.3 is 7.32 Å². The number of benzene rings is 3. The third-order valence-electron chi connectivity index (χ3n) is 6.48. The van der Waals surface area contributed by atoms with E-state index in [2.05, 4.69) is 0 Å². The van der Waals surface area contributed by atoms with Gasteiger partial charge in [-0.1, -0.05) is 0 Å². The largest absolute Gasteiger partial charge is 0.640 e. The Kier molecular flexibility index (Phi) is 12.7. The van der Waals surface area contributed by atoms with Crippen LogP contribution >= 0.6 is 0 Å². The van der Waals surface area contributed by atoms with Gasteiger partial charge in [0.25, 0.3) is 0 Å². The predicted molar refractivity (Wildman–Crippen MR) is 158 cm³/mol. The Morgan fingerprint density at radius 1 is 0.349 bits per heavy atom. The zero-order valence-electron chi connectivity index (χ0n) is 26.1. The highest BCUT2D eigenvalue weighted by atomic mass is 16.7. The lowest BCUT2D eigenvalue weighted by atomic mass is 10.1. The molecule has 0 aliphatic rings. The van der Waals surface area contributed by atoms with Crippen molar-refractivity contribution in [2.24, 2.45) is 0 Å². The van der Waals surface area contributed by atoms with Crippen molar-refractivity contribution in [2.45, 2.75) is 19.8 Å². The van der Waals surface area contributed by atoms with Gasteiger partial charge in [0.15, 0.2) is 34.5 Å². The van der Waals surface area contributed by atoms with Crippen LogP contribution in [0.1, 0.15) is 16.7 Å². The van der Waals surface area contributed by atoms with Gasteiger partial charge in [-0.25, -0.2) is 0 Å². The minimum Gasteiger partial charge on any atom is -0.493 e. The van der Waals surface area contributed by atoms with Gasteiger partial charge in [-0.05, 0) is 36.4 Å². The zero-order chi connectivity index (χ0) is 31.4. The van der Waals surface area contributed by atoms with E-state index in [1.807, 2.05) is 18.2 Å². The molecule has 0 atom stereocenters. The summed E-state index contributed by atoms with van der Waals surface area (Å²) in [5.41, 5.74) is 2.05. The fourth-order valence-corrected chi connectivity index (χ4v) is 4.45. The summed E-state index contributed by atoms with van der Waals surface area (Å²) in [6.07, 6.45) is 0. The van der Waals surface area contributed by atoms with Crippen LogP contribution in [-0.2, 0) is 33.8 Å². The van der Waals surface area contributed by atoms with Crippen LogP contribution in [0.2, 0.25) is 0 Å². The maximum Gasteiger partial charge on any atom is 0.640 e. The molecule has 0 saturated carbocycles. The summed E-state index contributed by atoms with van der Waals surface area (Å²) in [6.45, 7) is 0.168. The molecule has 0 radical (unpaired) electrons. The molecule has 3 rings (SSSR count). The lowest BCUT2D eigenvalue weighted by molar-refractivity contribution is 0.0746. The Morgan fingerprint density at radius 2 is 0.605 bits per heavy atom. The SMILES string of the molecule is COc1ccc(COB(OCc2ccc(OC)c(OC)c2OC)OCc2ccc(OC)c(OC)c2OC)c(OC)c1OC. The van der Waals surface area contributed by atoms with E-state index in [4.69, 9.17) is 56.6 Å². The highest BCUT2D eigenvalue weighted by molar-refractivity contribution is 6.36. The predicted octanol–water partition coefficient (Wildman–Crippen LogP) is 4.70. The Hall–Kier alpha value is -4.20. The van der Waals surface area contributed by atoms with Gasteiger partial charge in [-0.3, -0.25) is 0 Å². The van der Waals surface area contributed by atoms with Gasteiger partial charge in [-0.2, -0.15) is 0 Å². The number of ether oxygens (including phenoxy) is 9. The lowest BCUT2D eigenvalue weighted by Crippen LogP contribution is -2.27. The van der Waals surface area contributed by atoms with Crippen molar-refractivity contribution in [3.8, 4) is 51.7 Å². The van der Waals surface area contributed by atoms with Crippen LogP contribution in [0.25, 0.3) is 0 Å². The molecule has 12 nitrogen and oxygen atoms in total. The second-order valence-corrected chi connectivity index (χ2v) is 8.70. The maximum atomic E-state index is 6.12. The number of hydrogen-bond donors (Lipinski definition) is 0. The first-order valence-corrected chi connectivity index (χ1v) is 13.1. The van der Waals surface area contributed by atoms with Crippen molar-refractivity contribution in [1.29, 1.82) is 0 Å². The van der Waals surface area contributed by atoms with E-state index in [1.165, 1.54) is 42.7 Å². The fraction of sp³-hybridized carbons (Fsp3) is 0.400. The third kappa shape index (κ3) is 7.61. The van der Waals surface area contributed by atoms with E-state index in [0.717, 1.165) is 0 Å². The molecule has 0 amide bonds. The Balaban J connectivity index is 1.90. The van der Waals surface area contributed by atoms with Crippen LogP contribution in [-0.4, -0.2) is 71.3 Å². The van der Waals surface area contributed by atoms with E-state index in [1.54, 1.807) is 39.5 Å². The fourth-order valence-electron chi connectivity index (χ4n) is 4.45. The summed E-state index contributed by atoms with van der Waals surface area (Å²) in [4.78, 5) is 0. The van der Waals surface area contributed by atoms with Gasteiger partial charge < -0.3 is 56.6 Å². The minimum atomic E-state index is -1.14. The van der Waals surface area contributed by atoms with Crippen molar-refractivity contribution >= 4 is 7.32 Å². The van der Waals surface area contributed by atoms with E-state index < -0.39 is 7.32 Å². The second kappa shape index (κ2) is 16.4. The topological polar surface area (TPSA) is 111 Å². The molecular weight excluding hydrogens is 563 g/mol. The van der Waals surface area contributed by atoms with Gasteiger partial charge in [0.2, 0.25) is 17.2 Å². The van der Waals surface area contributed by atoms with E-state index in [9.17, 15) is 0 Å². The smallest absolute Gasteiger partial charge is 0.493 e. The first-order valence-electron chi connectivity index (χ1n) is 13.1. The number of methoxy groups -OCH3 is 9. The standard InChI is InChI=1S/C30H39BO12/c1-32-22-13-10-19(25(35-4)28(22)38-7)16-41-31(42-17-20-11-14-23(33-2)29(39-8)26(20)36-5)43-18-21-12-15-24(34-3)30(40-9)27(21)37-6/h10-15H,16-18H2,1-9H3. The molecule has 0 saturated heterocycles. The van der Waals surface area contributed by atoms with Crippen molar-refractivity contribution in [1.82, 2.24) is 0 Å². The summed E-state index contributed by atoms with van der Waals surface area (Å²) >= 11 is 0. The van der Waals surface area contributed by atoms with E-state index in [-0.39, 0.29) is 19.8 Å². The average molecular weight is 602 g/mol. The lowest BCUT2D eigenvalue weighted by Gasteiger charge is -2.20. The van der Waals surface area contributed by atoms with Crippen molar-refractivity contribution < 1.29 is 56.6 Å². The quantitative estimate of drug-likeness (QED) is 0.188. The average Bonchev–Trinajstić information content (AvgIpc) is 3.05. The van der Waals surface area contributed by atoms with E-state index >= 15 is 0 Å². The van der Waals surface area contributed by atoms with Gasteiger partial charge in [0.05, 0.1) is 83.8 Å². The molecule has 0 heterocycles. The van der Waals surface area contributed by atoms with Crippen LogP contribution in [0.15, 0.2) is 36.4 Å². The highest BCUT2D eigenvalue weighted by Gasteiger charge is 2.27. The molecule has 0 unspecified atom stereocenters. The Bertz CT molecular complexity index is 1170. The molecule has 234 valence electrons. The first kappa shape index (κ1) is 33.3. The molecule has 0 N–H and O–H groups in total. The molecule has 43 heavy (non-hydrogen) atoms. The zero-order valence-corrected chi connectivity index (χ0v) is 26.1. The first-order chi connectivity index (χ1) is 20.9. The molecule has 0 aliphatic heterocycles. The summed E-state index contributed by atoms with van der Waals surface area (Å²) < 4.78 is 67.9. The third-order valence-corrected chi connectivity index (χ3v) is 6.48. The molecule has 0 aromatic heterocycles.